The van der Waals surface area contributed by atoms with E-state index in [9.17, 15) is 0 Å². The third kappa shape index (κ3) is 5.76. The van der Waals surface area contributed by atoms with E-state index in [1.54, 1.807) is 0 Å². The summed E-state index contributed by atoms with van der Waals surface area (Å²) in [4.78, 5) is 0. The first kappa shape index (κ1) is 23.6. The minimum atomic E-state index is -2.42. The summed E-state index contributed by atoms with van der Waals surface area (Å²) in [5.74, 6) is 0. The normalized spacial score (nSPS) is 16.3. The van der Waals surface area contributed by atoms with Crippen molar-refractivity contribution >= 4 is 35.3 Å². The first-order valence-corrected chi connectivity index (χ1v) is 17.9. The lowest BCUT2D eigenvalue weighted by atomic mass is 10.2. The van der Waals surface area contributed by atoms with Crippen LogP contribution in [0, 0.1) is 0 Å². The highest BCUT2D eigenvalue weighted by molar-refractivity contribution is 6.93. The third-order valence-electron chi connectivity index (χ3n) is 5.51. The molecule has 0 bridgehead atoms. The number of hydrogen-bond donors (Lipinski definition) is 0. The van der Waals surface area contributed by atoms with Gasteiger partial charge in [0, 0.05) is 0 Å². The minimum absolute atomic E-state index is 0.230. The van der Waals surface area contributed by atoms with E-state index in [1.807, 2.05) is 5.70 Å². The van der Waals surface area contributed by atoms with Crippen LogP contribution in [0.4, 0.5) is 0 Å². The van der Waals surface area contributed by atoms with E-state index in [-0.39, 0.29) is 5.60 Å². The highest BCUT2D eigenvalue weighted by Crippen LogP contribution is 2.35. The van der Waals surface area contributed by atoms with Crippen molar-refractivity contribution in [1.82, 2.24) is 0 Å². The molecule has 0 fully saturated rings. The molecule has 0 radical (unpaired) electrons. The van der Waals surface area contributed by atoms with E-state index >= 15 is 0 Å². The van der Waals surface area contributed by atoms with Gasteiger partial charge in [0.25, 0.3) is 0 Å². The Balaban J connectivity index is 3.12. The van der Waals surface area contributed by atoms with Crippen LogP contribution in [0.1, 0.15) is 41.5 Å². The lowest BCUT2D eigenvalue weighted by Gasteiger charge is -2.39. The molecule has 1 atom stereocenters. The van der Waals surface area contributed by atoms with Crippen molar-refractivity contribution in [3.63, 3.8) is 0 Å². The Morgan fingerprint density at radius 3 is 1.58 bits per heavy atom. The van der Waals surface area contributed by atoms with Crippen molar-refractivity contribution in [2.75, 3.05) is 0 Å². The summed E-state index contributed by atoms with van der Waals surface area (Å²) >= 11 is 0. The van der Waals surface area contributed by atoms with Gasteiger partial charge in [0.1, 0.15) is 0 Å². The van der Waals surface area contributed by atoms with Crippen molar-refractivity contribution in [2.45, 2.75) is 84.9 Å². The van der Waals surface area contributed by atoms with Gasteiger partial charge >= 0.3 is 8.56 Å². The van der Waals surface area contributed by atoms with Gasteiger partial charge in [0.2, 0.25) is 8.32 Å². The molecule has 0 amide bonds. The summed E-state index contributed by atoms with van der Waals surface area (Å²) in [6.07, 6.45) is 0. The van der Waals surface area contributed by atoms with E-state index < -0.39 is 25.0 Å². The van der Waals surface area contributed by atoms with Gasteiger partial charge in [-0.1, -0.05) is 69.0 Å². The van der Waals surface area contributed by atoms with E-state index in [1.165, 1.54) is 10.4 Å². The van der Waals surface area contributed by atoms with Crippen LogP contribution < -0.4 is 10.4 Å². The van der Waals surface area contributed by atoms with Gasteiger partial charge < -0.3 is 8.54 Å². The maximum atomic E-state index is 6.68. The number of benzene rings is 1. The van der Waals surface area contributed by atoms with Crippen LogP contribution in [0.25, 0.3) is 0 Å². The van der Waals surface area contributed by atoms with E-state index in [0.717, 1.165) is 0 Å². The summed E-state index contributed by atoms with van der Waals surface area (Å²) < 4.78 is 13.0. The molecular weight excluding hydrogens is 368 g/mol. The molecule has 0 aliphatic carbocycles. The second-order valence-corrected chi connectivity index (χ2v) is 22.9. The van der Waals surface area contributed by atoms with Gasteiger partial charge in [-0.05, 0) is 50.6 Å². The largest absolute Gasteiger partial charge is 0.429 e. The second kappa shape index (κ2) is 7.51. The van der Waals surface area contributed by atoms with Crippen LogP contribution in [0.15, 0.2) is 36.5 Å². The van der Waals surface area contributed by atoms with Gasteiger partial charge in [-0.2, -0.15) is 0 Å². The first-order valence-electron chi connectivity index (χ1n) is 9.58. The molecule has 0 aliphatic heterocycles. The van der Waals surface area contributed by atoms with Gasteiger partial charge in [-0.3, -0.25) is 0 Å². The Morgan fingerprint density at radius 1 is 0.808 bits per heavy atom. The molecule has 1 aromatic carbocycles. The van der Waals surface area contributed by atoms with Crippen LogP contribution >= 0.6 is 0 Å². The van der Waals surface area contributed by atoms with Crippen molar-refractivity contribution < 1.29 is 8.54 Å². The first-order chi connectivity index (χ1) is 11.4. The average Bonchev–Trinajstić information content (AvgIpc) is 2.43. The smallest absolute Gasteiger partial charge is 0.351 e. The molecule has 0 aliphatic rings. The topological polar surface area (TPSA) is 18.5 Å². The van der Waals surface area contributed by atoms with Gasteiger partial charge in [0.05, 0.1) is 13.7 Å². The van der Waals surface area contributed by atoms with Crippen LogP contribution in [-0.4, -0.2) is 30.6 Å². The summed E-state index contributed by atoms with van der Waals surface area (Å²) in [5, 5.41) is 3.17. The van der Waals surface area contributed by atoms with Crippen LogP contribution in [0.3, 0.4) is 0 Å². The molecule has 0 spiro atoms. The molecule has 0 saturated heterocycles. The molecular formula is C21H40O2Si3. The van der Waals surface area contributed by atoms with Crippen LogP contribution in [0.5, 0.6) is 0 Å². The van der Waals surface area contributed by atoms with Crippen molar-refractivity contribution in [3.05, 3.63) is 36.5 Å². The summed E-state index contributed by atoms with van der Waals surface area (Å²) in [6, 6.07) is 9.25. The molecule has 0 heterocycles. The van der Waals surface area contributed by atoms with Gasteiger partial charge in [-0.15, -0.1) is 6.58 Å². The minimum Gasteiger partial charge on any atom is -0.429 e. The Hall–Kier alpha value is -0.469. The molecule has 1 rings (SSSR count). The third-order valence-corrected chi connectivity index (χ3v) is 18.2. The fourth-order valence-electron chi connectivity index (χ4n) is 3.00. The number of rotatable bonds is 6. The lowest BCUT2D eigenvalue weighted by molar-refractivity contribution is 0.0961. The molecule has 0 saturated carbocycles. The predicted molar refractivity (Wildman–Crippen MR) is 124 cm³/mol. The Bertz CT molecular complexity index is 622. The Labute approximate surface area is 165 Å². The molecule has 0 N–H and O–H groups in total. The Morgan fingerprint density at radius 2 is 1.23 bits per heavy atom. The molecule has 5 heteroatoms. The van der Waals surface area contributed by atoms with Crippen molar-refractivity contribution in [3.8, 4) is 0 Å². The summed E-state index contributed by atoms with van der Waals surface area (Å²) in [5.41, 5.74) is 1.68. The summed E-state index contributed by atoms with van der Waals surface area (Å²) in [6.45, 7) is 28.9. The van der Waals surface area contributed by atoms with Crippen LogP contribution in [0.2, 0.25) is 37.8 Å². The van der Waals surface area contributed by atoms with Crippen molar-refractivity contribution in [1.29, 1.82) is 0 Å². The zero-order chi connectivity index (χ0) is 20.6. The lowest BCUT2D eigenvalue weighted by Crippen LogP contribution is -2.57. The molecule has 1 unspecified atom stereocenters. The van der Waals surface area contributed by atoms with E-state index in [0.29, 0.717) is 5.04 Å². The van der Waals surface area contributed by atoms with Gasteiger partial charge in [-0.25, -0.2) is 0 Å². The Kier molecular flexibility index (Phi) is 6.81. The fourth-order valence-corrected chi connectivity index (χ4v) is 12.2. The quantitative estimate of drug-likeness (QED) is 0.583. The SMILES string of the molecule is C=C[Si](C)(OC(C)(C)C)O[Si](C)(C)c1ccc([Si](C)(C)C(C)(C)C)cc1. The monoisotopic (exact) mass is 408 g/mol. The standard InChI is InChI=1S/C21H40O2Si3/c1-13-26(12,22-20(2,3)4)23-25(10,11)19-16-14-18(15-17-19)24(8,9)21(5,6)7/h13-17H,1H2,2-12H3. The van der Waals surface area contributed by atoms with E-state index in [4.69, 9.17) is 8.54 Å². The van der Waals surface area contributed by atoms with Crippen molar-refractivity contribution in [2.24, 2.45) is 0 Å². The molecule has 2 nitrogen and oxygen atoms in total. The maximum Gasteiger partial charge on any atom is 0.351 e. The molecule has 26 heavy (non-hydrogen) atoms. The second-order valence-electron chi connectivity index (χ2n) is 10.5. The highest BCUT2D eigenvalue weighted by atomic mass is 28.4. The number of hydrogen-bond acceptors (Lipinski definition) is 2. The maximum absolute atomic E-state index is 6.68. The zero-order valence-corrected chi connectivity index (χ0v) is 21.9. The molecule has 0 aromatic heterocycles. The average molecular weight is 409 g/mol. The van der Waals surface area contributed by atoms with E-state index in [2.05, 4.69) is 105 Å². The fraction of sp³-hybridized carbons (Fsp3) is 0.619. The zero-order valence-electron chi connectivity index (χ0n) is 18.9. The molecule has 148 valence electrons. The predicted octanol–water partition coefficient (Wildman–Crippen LogP) is 5.44. The molecule has 1 aromatic rings. The highest BCUT2D eigenvalue weighted by Gasteiger charge is 2.41. The van der Waals surface area contributed by atoms with Gasteiger partial charge in [0.15, 0.2) is 0 Å². The summed E-state index contributed by atoms with van der Waals surface area (Å²) in [7, 11) is -6.01. The van der Waals surface area contributed by atoms with Crippen LogP contribution in [-0.2, 0) is 8.54 Å².